The molecule has 188 valence electrons. The van der Waals surface area contributed by atoms with Crippen molar-refractivity contribution in [3.8, 4) is 0 Å². The summed E-state index contributed by atoms with van der Waals surface area (Å²) in [6.45, 7) is 29.5. The highest BCUT2D eigenvalue weighted by molar-refractivity contribution is 4.81. The van der Waals surface area contributed by atoms with E-state index in [2.05, 4.69) is 90.3 Å². The van der Waals surface area contributed by atoms with E-state index in [0.717, 1.165) is 29.6 Å². The fourth-order valence-electron chi connectivity index (χ4n) is 5.86. The summed E-state index contributed by atoms with van der Waals surface area (Å²) >= 11 is 0. The summed E-state index contributed by atoms with van der Waals surface area (Å²) in [6.07, 6.45) is 10.9. The molecule has 4 unspecified atom stereocenters. The molecule has 0 saturated heterocycles. The van der Waals surface area contributed by atoms with Crippen molar-refractivity contribution in [2.75, 3.05) is 27.2 Å². The van der Waals surface area contributed by atoms with Gasteiger partial charge in [0.2, 0.25) is 0 Å². The van der Waals surface area contributed by atoms with Crippen LogP contribution in [0.4, 0.5) is 0 Å². The van der Waals surface area contributed by atoms with Gasteiger partial charge in [0.15, 0.2) is 0 Å². The number of hydrogen-bond donors (Lipinski definition) is 0. The summed E-state index contributed by atoms with van der Waals surface area (Å²) in [4.78, 5) is 0. The van der Waals surface area contributed by atoms with Crippen molar-refractivity contribution < 1.29 is 4.48 Å². The molecule has 0 saturated carbocycles. The molecule has 0 rings (SSSR count). The first kappa shape index (κ1) is 31.0. The van der Waals surface area contributed by atoms with Gasteiger partial charge in [0.25, 0.3) is 0 Å². The van der Waals surface area contributed by atoms with Crippen LogP contribution in [0.2, 0.25) is 0 Å². The highest BCUT2D eigenvalue weighted by Crippen LogP contribution is 2.41. The van der Waals surface area contributed by atoms with Crippen LogP contribution in [-0.2, 0) is 0 Å². The molecule has 0 fully saturated rings. The van der Waals surface area contributed by atoms with E-state index in [1.54, 1.807) is 0 Å². The minimum absolute atomic E-state index is 0.484. The molecule has 0 aliphatic carbocycles. The predicted octanol–water partition coefficient (Wildman–Crippen LogP) is 9.46. The van der Waals surface area contributed by atoms with E-state index < -0.39 is 0 Å². The van der Waals surface area contributed by atoms with Crippen molar-refractivity contribution in [1.29, 1.82) is 0 Å². The lowest BCUT2D eigenvalue weighted by Gasteiger charge is -2.38. The predicted molar refractivity (Wildman–Crippen MR) is 144 cm³/mol. The SMILES string of the molecule is CCC(CCC(C)CC(C)(CCC(C)C)C(C)C)C[N+](C)(C)CC(C)CC(C)(C)CC. The summed E-state index contributed by atoms with van der Waals surface area (Å²) in [5.74, 6) is 4.11. The number of quaternary nitrogens is 1. The van der Waals surface area contributed by atoms with E-state index in [0.29, 0.717) is 10.8 Å². The molecule has 0 aliphatic heterocycles. The van der Waals surface area contributed by atoms with Crippen LogP contribution >= 0.6 is 0 Å². The molecular formula is C30H64N+. The molecule has 4 atom stereocenters. The fourth-order valence-corrected chi connectivity index (χ4v) is 5.86. The highest BCUT2D eigenvalue weighted by atomic mass is 15.3. The second-order valence-electron chi connectivity index (χ2n) is 14.0. The van der Waals surface area contributed by atoms with Crippen LogP contribution in [-0.4, -0.2) is 31.7 Å². The molecule has 0 N–H and O–H groups in total. The van der Waals surface area contributed by atoms with Gasteiger partial charge in [0, 0.05) is 11.8 Å². The summed E-state index contributed by atoms with van der Waals surface area (Å²) in [6, 6.07) is 0. The first-order chi connectivity index (χ1) is 14.1. The fraction of sp³-hybridized carbons (Fsp3) is 1.00. The Morgan fingerprint density at radius 1 is 0.710 bits per heavy atom. The molecule has 0 radical (unpaired) electrons. The number of rotatable bonds is 17. The van der Waals surface area contributed by atoms with E-state index in [1.165, 1.54) is 68.9 Å². The average Bonchev–Trinajstić information content (AvgIpc) is 2.62. The van der Waals surface area contributed by atoms with Crippen molar-refractivity contribution in [1.82, 2.24) is 0 Å². The standard InChI is InChI=1S/C30H64N/c1-14-28(23-31(12,13)22-27(8)20-29(9,10)15-2)17-16-26(7)21-30(11,25(5)6)19-18-24(3)4/h24-28H,14-23H2,1-13H3/q+1. The molecule has 0 aromatic heterocycles. The Labute approximate surface area is 199 Å². The Morgan fingerprint density at radius 2 is 1.29 bits per heavy atom. The summed E-state index contributed by atoms with van der Waals surface area (Å²) < 4.78 is 1.19. The van der Waals surface area contributed by atoms with Crippen LogP contribution in [0.5, 0.6) is 0 Å². The molecule has 31 heavy (non-hydrogen) atoms. The molecule has 0 heterocycles. The van der Waals surface area contributed by atoms with Gasteiger partial charge in [-0.1, -0.05) is 95.4 Å². The monoisotopic (exact) mass is 439 g/mol. The Hall–Kier alpha value is -0.0400. The lowest BCUT2D eigenvalue weighted by atomic mass is 9.68. The lowest BCUT2D eigenvalue weighted by molar-refractivity contribution is -0.897. The molecule has 0 aromatic rings. The highest BCUT2D eigenvalue weighted by Gasteiger charge is 2.31. The lowest BCUT2D eigenvalue weighted by Crippen LogP contribution is -2.46. The Morgan fingerprint density at radius 3 is 1.74 bits per heavy atom. The second kappa shape index (κ2) is 13.6. The summed E-state index contributed by atoms with van der Waals surface area (Å²) in [5, 5.41) is 0. The van der Waals surface area contributed by atoms with Gasteiger partial charge in [-0.05, 0) is 60.7 Å². The number of nitrogens with zero attached hydrogens (tertiary/aromatic N) is 1. The third kappa shape index (κ3) is 13.3. The first-order valence-corrected chi connectivity index (χ1v) is 13.9. The van der Waals surface area contributed by atoms with Gasteiger partial charge in [-0.25, -0.2) is 0 Å². The molecule has 0 aliphatic rings. The molecule has 1 nitrogen and oxygen atoms in total. The Kier molecular flexibility index (Phi) is 13.6. The normalized spacial score (nSPS) is 18.3. The molecule has 1 heteroatoms. The number of hydrogen-bond acceptors (Lipinski definition) is 0. The first-order valence-electron chi connectivity index (χ1n) is 13.9. The van der Waals surface area contributed by atoms with E-state index in [1.807, 2.05) is 0 Å². The van der Waals surface area contributed by atoms with Crippen molar-refractivity contribution in [2.24, 2.45) is 40.4 Å². The van der Waals surface area contributed by atoms with Crippen molar-refractivity contribution in [3.63, 3.8) is 0 Å². The van der Waals surface area contributed by atoms with Crippen LogP contribution in [0.15, 0.2) is 0 Å². The maximum absolute atomic E-state index is 2.56. The summed E-state index contributed by atoms with van der Waals surface area (Å²) in [7, 11) is 4.95. The maximum atomic E-state index is 2.56. The zero-order valence-corrected chi connectivity index (χ0v) is 24.4. The van der Waals surface area contributed by atoms with Crippen LogP contribution in [0, 0.1) is 40.4 Å². The third-order valence-corrected chi connectivity index (χ3v) is 8.56. The maximum Gasteiger partial charge on any atom is 0.0811 e. The second-order valence-corrected chi connectivity index (χ2v) is 14.0. The van der Waals surface area contributed by atoms with Gasteiger partial charge in [0.1, 0.15) is 0 Å². The third-order valence-electron chi connectivity index (χ3n) is 8.56. The zero-order valence-electron chi connectivity index (χ0n) is 24.4. The van der Waals surface area contributed by atoms with Crippen molar-refractivity contribution >= 4 is 0 Å². The van der Waals surface area contributed by atoms with Crippen molar-refractivity contribution in [3.05, 3.63) is 0 Å². The zero-order chi connectivity index (χ0) is 24.5. The molecule has 0 aromatic carbocycles. The molecule has 0 spiro atoms. The van der Waals surface area contributed by atoms with E-state index >= 15 is 0 Å². The van der Waals surface area contributed by atoms with Crippen molar-refractivity contribution in [2.45, 2.75) is 128 Å². The Balaban J connectivity index is 4.74. The molecular weight excluding hydrogens is 374 g/mol. The van der Waals surface area contributed by atoms with E-state index in [9.17, 15) is 0 Å². The van der Waals surface area contributed by atoms with E-state index in [4.69, 9.17) is 0 Å². The van der Waals surface area contributed by atoms with Gasteiger partial charge in [0.05, 0.1) is 27.2 Å². The van der Waals surface area contributed by atoms with Gasteiger partial charge in [-0.2, -0.15) is 0 Å². The van der Waals surface area contributed by atoms with Gasteiger partial charge < -0.3 is 4.48 Å². The minimum Gasteiger partial charge on any atom is -0.328 e. The minimum atomic E-state index is 0.484. The van der Waals surface area contributed by atoms with Crippen LogP contribution in [0.3, 0.4) is 0 Å². The smallest absolute Gasteiger partial charge is 0.0811 e. The quantitative estimate of drug-likeness (QED) is 0.198. The van der Waals surface area contributed by atoms with Crippen LogP contribution < -0.4 is 0 Å². The topological polar surface area (TPSA) is 0 Å². The molecule has 0 bridgehead atoms. The Bertz CT molecular complexity index is 461. The average molecular weight is 439 g/mol. The van der Waals surface area contributed by atoms with Crippen LogP contribution in [0.25, 0.3) is 0 Å². The van der Waals surface area contributed by atoms with Crippen LogP contribution in [0.1, 0.15) is 128 Å². The summed E-state index contributed by atoms with van der Waals surface area (Å²) in [5.41, 5.74) is 0.986. The van der Waals surface area contributed by atoms with Gasteiger partial charge in [-0.15, -0.1) is 0 Å². The van der Waals surface area contributed by atoms with Gasteiger partial charge in [-0.3, -0.25) is 0 Å². The largest absolute Gasteiger partial charge is 0.328 e. The van der Waals surface area contributed by atoms with Gasteiger partial charge >= 0.3 is 0 Å². The molecule has 0 amide bonds. The van der Waals surface area contributed by atoms with E-state index in [-0.39, 0.29) is 0 Å².